The average molecular weight is 388 g/mol. The van der Waals surface area contributed by atoms with Gasteiger partial charge >= 0.3 is 0 Å². The number of fused-ring (bicyclic) bond motifs is 1. The highest BCUT2D eigenvalue weighted by atomic mass is 35.5. The minimum absolute atomic E-state index is 0.0165. The van der Waals surface area contributed by atoms with Gasteiger partial charge in [0.1, 0.15) is 0 Å². The summed E-state index contributed by atoms with van der Waals surface area (Å²) in [6.45, 7) is 4.67. The number of hydrogen-bond acceptors (Lipinski definition) is 3. The molecular formula is C20H22ClN3OS. The van der Waals surface area contributed by atoms with Gasteiger partial charge in [-0.15, -0.1) is 0 Å². The Labute approximate surface area is 162 Å². The van der Waals surface area contributed by atoms with E-state index in [0.717, 1.165) is 22.6 Å². The molecular weight excluding hydrogens is 366 g/mol. The molecule has 2 aromatic carbocycles. The van der Waals surface area contributed by atoms with Crippen molar-refractivity contribution in [1.82, 2.24) is 15.3 Å². The number of benzene rings is 2. The number of rotatable bonds is 7. The lowest BCUT2D eigenvalue weighted by atomic mass is 9.96. The maximum Gasteiger partial charge on any atom is 0.233 e. The number of aromatic amines is 1. The van der Waals surface area contributed by atoms with Gasteiger partial charge in [-0.2, -0.15) is 0 Å². The summed E-state index contributed by atoms with van der Waals surface area (Å²) >= 11 is 7.42. The van der Waals surface area contributed by atoms with Crippen molar-refractivity contribution < 1.29 is 4.79 Å². The van der Waals surface area contributed by atoms with E-state index in [1.54, 1.807) is 0 Å². The quantitative estimate of drug-likeness (QED) is 0.560. The van der Waals surface area contributed by atoms with Crippen molar-refractivity contribution in [2.75, 3.05) is 6.54 Å². The Hall–Kier alpha value is -1.98. The molecule has 0 aliphatic rings. The third kappa shape index (κ3) is 4.59. The molecule has 1 heterocycles. The highest BCUT2D eigenvalue weighted by Crippen LogP contribution is 2.25. The molecule has 26 heavy (non-hydrogen) atoms. The number of H-pyrrole nitrogens is 1. The van der Waals surface area contributed by atoms with Gasteiger partial charge in [-0.05, 0) is 37.1 Å². The second-order valence-electron chi connectivity index (χ2n) is 6.22. The van der Waals surface area contributed by atoms with Gasteiger partial charge in [0.15, 0.2) is 5.16 Å². The third-order valence-corrected chi connectivity index (χ3v) is 5.59. The molecule has 1 amide bonds. The molecule has 0 aliphatic heterocycles. The lowest BCUT2D eigenvalue weighted by molar-refractivity contribution is -0.120. The number of imidazole rings is 1. The van der Waals surface area contributed by atoms with E-state index >= 15 is 0 Å². The SMILES string of the molecule is CC[C@@H](CNC(=O)[C@@H](C)Sc1nc2ccc(Cl)cc2[nH]1)c1ccccc1. The highest BCUT2D eigenvalue weighted by molar-refractivity contribution is 8.00. The Morgan fingerprint density at radius 2 is 2.04 bits per heavy atom. The molecule has 0 spiro atoms. The molecule has 0 bridgehead atoms. The summed E-state index contributed by atoms with van der Waals surface area (Å²) in [7, 11) is 0. The van der Waals surface area contributed by atoms with E-state index < -0.39 is 0 Å². The molecule has 136 valence electrons. The van der Waals surface area contributed by atoms with Crippen molar-refractivity contribution in [3.05, 3.63) is 59.1 Å². The van der Waals surface area contributed by atoms with Gasteiger partial charge in [0.05, 0.1) is 16.3 Å². The van der Waals surface area contributed by atoms with E-state index in [0.29, 0.717) is 17.5 Å². The maximum absolute atomic E-state index is 12.5. The molecule has 0 saturated carbocycles. The predicted molar refractivity (Wildman–Crippen MR) is 109 cm³/mol. The van der Waals surface area contributed by atoms with Crippen LogP contribution in [0.2, 0.25) is 5.02 Å². The van der Waals surface area contributed by atoms with E-state index in [2.05, 4.69) is 34.3 Å². The lowest BCUT2D eigenvalue weighted by Crippen LogP contribution is -2.34. The Bertz CT molecular complexity index is 881. The average Bonchev–Trinajstić information content (AvgIpc) is 3.04. The monoisotopic (exact) mass is 387 g/mol. The number of aromatic nitrogens is 2. The normalized spacial score (nSPS) is 13.5. The Morgan fingerprint density at radius 1 is 1.27 bits per heavy atom. The predicted octanol–water partition coefficient (Wildman–Crippen LogP) is 5.01. The summed E-state index contributed by atoms with van der Waals surface area (Å²) < 4.78 is 0. The van der Waals surface area contributed by atoms with Crippen LogP contribution in [0, 0.1) is 0 Å². The van der Waals surface area contributed by atoms with Crippen molar-refractivity contribution in [2.45, 2.75) is 36.6 Å². The van der Waals surface area contributed by atoms with Crippen molar-refractivity contribution >= 4 is 40.3 Å². The van der Waals surface area contributed by atoms with Crippen molar-refractivity contribution in [3.63, 3.8) is 0 Å². The smallest absolute Gasteiger partial charge is 0.233 e. The first kappa shape index (κ1) is 18.8. The Morgan fingerprint density at radius 3 is 2.77 bits per heavy atom. The van der Waals surface area contributed by atoms with Crippen LogP contribution in [0.15, 0.2) is 53.7 Å². The number of halogens is 1. The summed E-state index contributed by atoms with van der Waals surface area (Å²) in [6, 6.07) is 15.8. The Kier molecular flexibility index (Phi) is 6.22. The van der Waals surface area contributed by atoms with Gasteiger partial charge < -0.3 is 10.3 Å². The lowest BCUT2D eigenvalue weighted by Gasteiger charge is -2.17. The number of carbonyl (C=O) groups is 1. The van der Waals surface area contributed by atoms with Gasteiger partial charge in [-0.3, -0.25) is 4.79 Å². The van der Waals surface area contributed by atoms with E-state index in [1.165, 1.54) is 17.3 Å². The van der Waals surface area contributed by atoms with E-state index in [9.17, 15) is 4.79 Å². The van der Waals surface area contributed by atoms with Gasteiger partial charge in [-0.25, -0.2) is 4.98 Å². The summed E-state index contributed by atoms with van der Waals surface area (Å²) in [6.07, 6.45) is 0.982. The molecule has 1 aromatic heterocycles. The number of carbonyl (C=O) groups excluding carboxylic acids is 1. The fraction of sp³-hybridized carbons (Fsp3) is 0.300. The third-order valence-electron chi connectivity index (χ3n) is 4.37. The van der Waals surface area contributed by atoms with Crippen LogP contribution in [-0.4, -0.2) is 27.7 Å². The van der Waals surface area contributed by atoms with Crippen molar-refractivity contribution in [1.29, 1.82) is 0 Å². The number of nitrogens with zero attached hydrogens (tertiary/aromatic N) is 1. The molecule has 0 radical (unpaired) electrons. The van der Waals surface area contributed by atoms with Gasteiger partial charge in [0, 0.05) is 17.5 Å². The van der Waals surface area contributed by atoms with E-state index in [1.807, 2.05) is 43.3 Å². The van der Waals surface area contributed by atoms with E-state index in [-0.39, 0.29) is 11.2 Å². The molecule has 3 rings (SSSR count). The van der Waals surface area contributed by atoms with Crippen LogP contribution in [0.25, 0.3) is 11.0 Å². The second-order valence-corrected chi connectivity index (χ2v) is 7.99. The van der Waals surface area contributed by atoms with Crippen LogP contribution >= 0.6 is 23.4 Å². The first-order valence-corrected chi connectivity index (χ1v) is 9.97. The number of thioether (sulfide) groups is 1. The molecule has 6 heteroatoms. The summed E-state index contributed by atoms with van der Waals surface area (Å²) in [4.78, 5) is 20.2. The summed E-state index contributed by atoms with van der Waals surface area (Å²) in [5.74, 6) is 0.341. The van der Waals surface area contributed by atoms with Crippen LogP contribution in [0.3, 0.4) is 0 Å². The zero-order valence-corrected chi connectivity index (χ0v) is 16.4. The second kappa shape index (κ2) is 8.60. The van der Waals surface area contributed by atoms with Crippen molar-refractivity contribution in [2.24, 2.45) is 0 Å². The highest BCUT2D eigenvalue weighted by Gasteiger charge is 2.18. The molecule has 2 N–H and O–H groups in total. The molecule has 0 saturated heterocycles. The van der Waals surface area contributed by atoms with Gasteiger partial charge in [0.25, 0.3) is 0 Å². The van der Waals surface area contributed by atoms with Gasteiger partial charge in [-0.1, -0.05) is 60.6 Å². The minimum Gasteiger partial charge on any atom is -0.355 e. The molecule has 0 aliphatic carbocycles. The van der Waals surface area contributed by atoms with Crippen LogP contribution in [-0.2, 0) is 4.79 Å². The fourth-order valence-corrected chi connectivity index (χ4v) is 3.84. The minimum atomic E-state index is -0.237. The Balaban J connectivity index is 1.58. The van der Waals surface area contributed by atoms with Crippen LogP contribution in [0.1, 0.15) is 31.7 Å². The molecule has 2 atom stereocenters. The van der Waals surface area contributed by atoms with Crippen LogP contribution in [0.5, 0.6) is 0 Å². The standard InChI is InChI=1S/C20H22ClN3OS/c1-3-14(15-7-5-4-6-8-15)12-22-19(25)13(2)26-20-23-17-10-9-16(21)11-18(17)24-20/h4-11,13-14H,3,12H2,1-2H3,(H,22,25)(H,23,24)/t13-,14+/m1/s1. The number of nitrogens with one attached hydrogen (secondary N) is 2. The summed E-state index contributed by atoms with van der Waals surface area (Å²) in [5, 5.41) is 4.22. The zero-order valence-electron chi connectivity index (χ0n) is 14.8. The molecule has 0 fully saturated rings. The molecule has 4 nitrogen and oxygen atoms in total. The zero-order chi connectivity index (χ0) is 18.5. The van der Waals surface area contributed by atoms with Crippen LogP contribution in [0.4, 0.5) is 0 Å². The van der Waals surface area contributed by atoms with Crippen LogP contribution < -0.4 is 5.32 Å². The largest absolute Gasteiger partial charge is 0.355 e. The van der Waals surface area contributed by atoms with Gasteiger partial charge in [0.2, 0.25) is 5.91 Å². The molecule has 0 unspecified atom stereocenters. The van der Waals surface area contributed by atoms with Crippen molar-refractivity contribution in [3.8, 4) is 0 Å². The number of hydrogen-bond donors (Lipinski definition) is 2. The first-order chi connectivity index (χ1) is 12.6. The maximum atomic E-state index is 12.5. The molecule has 3 aromatic rings. The topological polar surface area (TPSA) is 57.8 Å². The number of amides is 1. The fourth-order valence-electron chi connectivity index (χ4n) is 2.83. The summed E-state index contributed by atoms with van der Waals surface area (Å²) in [5.41, 5.74) is 2.98. The first-order valence-electron chi connectivity index (χ1n) is 8.71. The van der Waals surface area contributed by atoms with E-state index in [4.69, 9.17) is 11.6 Å².